The number of aryl methyl sites for hydroxylation is 1. The van der Waals surface area contributed by atoms with Crippen LogP contribution in [-0.2, 0) is 20.7 Å². The predicted molar refractivity (Wildman–Crippen MR) is 149 cm³/mol. The van der Waals surface area contributed by atoms with Crippen molar-refractivity contribution in [2.45, 2.75) is 84.8 Å². The molecule has 0 radical (unpaired) electrons. The van der Waals surface area contributed by atoms with Crippen molar-refractivity contribution >= 4 is 17.8 Å². The van der Waals surface area contributed by atoms with Crippen LogP contribution < -0.4 is 14.8 Å². The normalized spacial score (nSPS) is 21.7. The van der Waals surface area contributed by atoms with Crippen LogP contribution in [0.3, 0.4) is 0 Å². The molecule has 0 spiro atoms. The number of hydrogen-bond acceptors (Lipinski definition) is 7. The molecular weight excluding hydrogens is 496 g/mol. The van der Waals surface area contributed by atoms with E-state index in [-0.39, 0.29) is 29.2 Å². The lowest BCUT2D eigenvalue weighted by atomic mass is 9.77. The number of carbonyl (C=O) groups excluding carboxylic acids is 3. The van der Waals surface area contributed by atoms with Crippen LogP contribution in [0.15, 0.2) is 42.6 Å². The second-order valence-electron chi connectivity index (χ2n) is 10.8. The summed E-state index contributed by atoms with van der Waals surface area (Å²) >= 11 is 0. The highest BCUT2D eigenvalue weighted by atomic mass is 16.6. The van der Waals surface area contributed by atoms with Crippen molar-refractivity contribution in [3.05, 3.63) is 53.9 Å². The maximum absolute atomic E-state index is 13.3. The first-order chi connectivity index (χ1) is 18.7. The van der Waals surface area contributed by atoms with Crippen LogP contribution in [0, 0.1) is 17.8 Å². The van der Waals surface area contributed by atoms with E-state index in [9.17, 15) is 14.4 Å². The summed E-state index contributed by atoms with van der Waals surface area (Å²) in [4.78, 5) is 42.3. The van der Waals surface area contributed by atoms with E-state index in [1.54, 1.807) is 0 Å². The minimum atomic E-state index is -0.836. The van der Waals surface area contributed by atoms with E-state index in [1.165, 1.54) is 31.9 Å². The maximum Gasteiger partial charge on any atom is 0.328 e. The van der Waals surface area contributed by atoms with Gasteiger partial charge >= 0.3 is 11.9 Å². The Bertz CT molecular complexity index is 1100. The molecule has 4 atom stereocenters. The van der Waals surface area contributed by atoms with Gasteiger partial charge in [0.15, 0.2) is 11.4 Å². The average Bonchev–Trinajstić information content (AvgIpc) is 2.95. The van der Waals surface area contributed by atoms with Crippen LogP contribution in [-0.4, -0.2) is 42.1 Å². The molecule has 2 heterocycles. The minimum Gasteiger partial charge on any atom is -0.493 e. The van der Waals surface area contributed by atoms with E-state index in [0.29, 0.717) is 18.3 Å². The lowest BCUT2D eigenvalue weighted by molar-refractivity contribution is -0.154. The van der Waals surface area contributed by atoms with Crippen LogP contribution in [0.5, 0.6) is 11.5 Å². The van der Waals surface area contributed by atoms with E-state index in [4.69, 9.17) is 14.2 Å². The third-order valence-electron chi connectivity index (χ3n) is 7.44. The van der Waals surface area contributed by atoms with E-state index in [1.807, 2.05) is 13.0 Å². The summed E-state index contributed by atoms with van der Waals surface area (Å²) in [5.74, 6) is -0.339. The Morgan fingerprint density at radius 1 is 1.13 bits per heavy atom. The Kier molecular flexibility index (Phi) is 11.3. The fourth-order valence-electron chi connectivity index (χ4n) is 5.36. The molecule has 0 saturated carbocycles. The molecule has 1 amide bonds. The lowest BCUT2D eigenvalue weighted by Gasteiger charge is -2.32. The Morgan fingerprint density at radius 2 is 1.87 bits per heavy atom. The maximum atomic E-state index is 13.3. The standard InChI is InChI=1S/C31H42N2O6/c1-20(2)14-16-24-12-9-13-26(31(36)38-21(3)25(24)17-15-23-10-7-6-8-11-23)33-30(35)28-29(39-22(4)34)27(37-5)18-19-32-28/h6-8,10-11,18-21,24-26H,9,12-17H2,1-5H3,(H,33,35). The van der Waals surface area contributed by atoms with Gasteiger partial charge in [0.1, 0.15) is 12.1 Å². The van der Waals surface area contributed by atoms with Crippen LogP contribution in [0.25, 0.3) is 0 Å². The molecule has 4 unspecified atom stereocenters. The quantitative estimate of drug-likeness (QED) is 0.397. The molecule has 212 valence electrons. The van der Waals surface area contributed by atoms with Gasteiger partial charge in [-0.15, -0.1) is 0 Å². The van der Waals surface area contributed by atoms with E-state index in [0.717, 1.165) is 38.5 Å². The predicted octanol–water partition coefficient (Wildman–Crippen LogP) is 5.53. The summed E-state index contributed by atoms with van der Waals surface area (Å²) in [6.07, 6.45) is 7.33. The molecular formula is C31H42N2O6. The number of benzene rings is 1. The second kappa shape index (κ2) is 14.7. The number of esters is 2. The van der Waals surface area contributed by atoms with Gasteiger partial charge in [0.2, 0.25) is 5.75 Å². The van der Waals surface area contributed by atoms with Gasteiger partial charge in [-0.25, -0.2) is 9.78 Å². The summed E-state index contributed by atoms with van der Waals surface area (Å²) < 4.78 is 16.5. The molecule has 0 bridgehead atoms. The molecule has 3 rings (SSSR count). The number of cyclic esters (lactones) is 1. The molecule has 8 heteroatoms. The topological polar surface area (TPSA) is 104 Å². The lowest BCUT2D eigenvalue weighted by Crippen LogP contribution is -2.43. The molecule has 1 aliphatic rings. The number of hydrogen-bond donors (Lipinski definition) is 1. The van der Waals surface area contributed by atoms with Gasteiger partial charge in [0, 0.05) is 19.2 Å². The monoisotopic (exact) mass is 538 g/mol. The first-order valence-corrected chi connectivity index (χ1v) is 14.0. The highest BCUT2D eigenvalue weighted by Crippen LogP contribution is 2.35. The molecule has 1 saturated heterocycles. The summed E-state index contributed by atoms with van der Waals surface area (Å²) in [6.45, 7) is 7.68. The number of nitrogens with zero attached hydrogens (tertiary/aromatic N) is 1. The molecule has 1 N–H and O–H groups in total. The molecule has 2 aromatic rings. The zero-order chi connectivity index (χ0) is 28.4. The third-order valence-corrected chi connectivity index (χ3v) is 7.44. The Balaban J connectivity index is 1.78. The van der Waals surface area contributed by atoms with Gasteiger partial charge in [0.25, 0.3) is 5.91 Å². The number of aromatic nitrogens is 1. The molecule has 1 aromatic carbocycles. The number of ether oxygens (including phenoxy) is 3. The van der Waals surface area contributed by atoms with Gasteiger partial charge in [-0.1, -0.05) is 57.0 Å². The molecule has 1 aromatic heterocycles. The molecule has 1 fully saturated rings. The van der Waals surface area contributed by atoms with Crippen molar-refractivity contribution in [3.8, 4) is 11.5 Å². The van der Waals surface area contributed by atoms with Gasteiger partial charge < -0.3 is 19.5 Å². The zero-order valence-corrected chi connectivity index (χ0v) is 23.8. The highest BCUT2D eigenvalue weighted by Gasteiger charge is 2.34. The highest BCUT2D eigenvalue weighted by molar-refractivity contribution is 5.98. The number of methoxy groups -OCH3 is 1. The Hall–Kier alpha value is -3.42. The number of carbonyl (C=O) groups is 3. The Labute approximate surface area is 231 Å². The van der Waals surface area contributed by atoms with Gasteiger partial charge in [0.05, 0.1) is 7.11 Å². The van der Waals surface area contributed by atoms with Gasteiger partial charge in [-0.05, 0) is 62.3 Å². The summed E-state index contributed by atoms with van der Waals surface area (Å²) in [7, 11) is 1.41. The SMILES string of the molecule is COc1ccnc(C(=O)NC2CCCC(CCC(C)C)C(CCc3ccccc3)C(C)OC2=O)c1OC(C)=O. The zero-order valence-electron chi connectivity index (χ0n) is 23.8. The van der Waals surface area contributed by atoms with E-state index in [2.05, 4.69) is 48.4 Å². The summed E-state index contributed by atoms with van der Waals surface area (Å²) in [5, 5.41) is 2.78. The third kappa shape index (κ3) is 8.80. The van der Waals surface area contributed by atoms with Crippen molar-refractivity contribution in [1.82, 2.24) is 10.3 Å². The van der Waals surface area contributed by atoms with E-state index < -0.39 is 23.9 Å². The van der Waals surface area contributed by atoms with Gasteiger partial charge in [-0.3, -0.25) is 9.59 Å². The summed E-state index contributed by atoms with van der Waals surface area (Å²) in [5.41, 5.74) is 1.15. The minimum absolute atomic E-state index is 0.0791. The number of pyridine rings is 1. The van der Waals surface area contributed by atoms with Crippen LogP contribution in [0.4, 0.5) is 0 Å². The Morgan fingerprint density at radius 3 is 2.54 bits per heavy atom. The van der Waals surface area contributed by atoms with Crippen molar-refractivity contribution in [2.75, 3.05) is 7.11 Å². The smallest absolute Gasteiger partial charge is 0.328 e. The number of rotatable bonds is 10. The summed E-state index contributed by atoms with van der Waals surface area (Å²) in [6, 6.07) is 11.1. The number of nitrogens with one attached hydrogen (secondary N) is 1. The number of amides is 1. The molecule has 39 heavy (non-hydrogen) atoms. The van der Waals surface area contributed by atoms with Gasteiger partial charge in [-0.2, -0.15) is 0 Å². The fourth-order valence-corrected chi connectivity index (χ4v) is 5.36. The van der Waals surface area contributed by atoms with Crippen molar-refractivity contribution in [1.29, 1.82) is 0 Å². The second-order valence-corrected chi connectivity index (χ2v) is 10.8. The largest absolute Gasteiger partial charge is 0.493 e. The average molecular weight is 539 g/mol. The molecule has 1 aliphatic heterocycles. The first kappa shape index (κ1) is 30.1. The van der Waals surface area contributed by atoms with E-state index >= 15 is 0 Å². The van der Waals surface area contributed by atoms with Crippen molar-refractivity contribution in [3.63, 3.8) is 0 Å². The first-order valence-electron chi connectivity index (χ1n) is 14.0. The van der Waals surface area contributed by atoms with Crippen LogP contribution in [0.2, 0.25) is 0 Å². The van der Waals surface area contributed by atoms with Crippen molar-refractivity contribution in [2.24, 2.45) is 17.8 Å². The van der Waals surface area contributed by atoms with Crippen molar-refractivity contribution < 1.29 is 28.6 Å². The van der Waals surface area contributed by atoms with Crippen LogP contribution >= 0.6 is 0 Å². The molecule has 8 nitrogen and oxygen atoms in total. The fraction of sp³-hybridized carbons (Fsp3) is 0.548. The molecule has 0 aliphatic carbocycles. The van der Waals surface area contributed by atoms with Crippen LogP contribution in [0.1, 0.15) is 82.3 Å².